The fraction of sp³-hybridized carbons (Fsp3) is 0.286. The molecule has 4 atom stereocenters. The van der Waals surface area contributed by atoms with E-state index in [0.29, 0.717) is 5.69 Å². The Morgan fingerprint density at radius 3 is 2.35 bits per heavy atom. The van der Waals surface area contributed by atoms with Crippen molar-refractivity contribution in [3.05, 3.63) is 59.9 Å². The molecule has 26 heavy (non-hydrogen) atoms. The molecule has 0 unspecified atom stereocenters. The number of imide groups is 1. The van der Waals surface area contributed by atoms with Gasteiger partial charge in [-0.2, -0.15) is 0 Å². The number of hydrogen-bond donors (Lipinski definition) is 0. The lowest BCUT2D eigenvalue weighted by Crippen LogP contribution is -2.40. The first-order valence-electron chi connectivity index (χ1n) is 8.59. The van der Waals surface area contributed by atoms with Gasteiger partial charge in [0.15, 0.2) is 0 Å². The molecule has 5 heteroatoms. The Balaban J connectivity index is 1.81. The number of fused-ring (bicyclic) bond motifs is 1. The van der Waals surface area contributed by atoms with Crippen LogP contribution in [-0.2, 0) is 9.59 Å². The highest BCUT2D eigenvalue weighted by molar-refractivity contribution is 6.23. The van der Waals surface area contributed by atoms with Gasteiger partial charge in [-0.3, -0.25) is 19.5 Å². The summed E-state index contributed by atoms with van der Waals surface area (Å²) in [6.07, 6.45) is 5.75. The van der Waals surface area contributed by atoms with Crippen LogP contribution in [0.3, 0.4) is 0 Å². The summed E-state index contributed by atoms with van der Waals surface area (Å²) in [6.45, 7) is 1.91. The Bertz CT molecular complexity index is 918. The van der Waals surface area contributed by atoms with E-state index in [9.17, 15) is 9.59 Å². The Hall–Kier alpha value is -2.97. The van der Waals surface area contributed by atoms with Crippen LogP contribution >= 0.6 is 0 Å². The molecule has 1 aromatic carbocycles. The molecule has 2 saturated heterocycles. The summed E-state index contributed by atoms with van der Waals surface area (Å²) in [4.78, 5) is 34.2. The SMILES string of the molecule is C#C[C@H]1[C@@H]2C(=O)N(c3ccccc3)C(=O)[C@@H]2[C@H](c2cccc(C)n2)N1C. The standard InChI is InChI=1S/C21H19N3O2/c1-4-16-17-18(19(23(16)3)15-12-8-9-13(2)22-15)21(26)24(20(17)25)14-10-6-5-7-11-14/h1,5-12,16-19H,2-3H3/t16-,17-,18-,19-/m0/s1. The lowest BCUT2D eigenvalue weighted by atomic mass is 9.88. The van der Waals surface area contributed by atoms with Crippen molar-refractivity contribution >= 4 is 17.5 Å². The van der Waals surface area contributed by atoms with Crippen molar-refractivity contribution in [2.75, 3.05) is 11.9 Å². The van der Waals surface area contributed by atoms with Gasteiger partial charge in [0.05, 0.1) is 35.3 Å². The molecule has 130 valence electrons. The van der Waals surface area contributed by atoms with E-state index < -0.39 is 17.9 Å². The number of aromatic nitrogens is 1. The van der Waals surface area contributed by atoms with Crippen molar-refractivity contribution in [3.8, 4) is 12.3 Å². The number of anilines is 1. The molecule has 2 aliphatic heterocycles. The second-order valence-electron chi connectivity index (χ2n) is 6.82. The number of pyridine rings is 1. The molecule has 0 spiro atoms. The van der Waals surface area contributed by atoms with Crippen molar-refractivity contribution in [1.82, 2.24) is 9.88 Å². The third kappa shape index (κ3) is 2.27. The van der Waals surface area contributed by atoms with Crippen LogP contribution in [0.4, 0.5) is 5.69 Å². The second-order valence-corrected chi connectivity index (χ2v) is 6.82. The van der Waals surface area contributed by atoms with Crippen LogP contribution in [-0.4, -0.2) is 34.8 Å². The van der Waals surface area contributed by atoms with Crippen molar-refractivity contribution in [2.24, 2.45) is 11.8 Å². The van der Waals surface area contributed by atoms with Gasteiger partial charge in [0.25, 0.3) is 0 Å². The summed E-state index contributed by atoms with van der Waals surface area (Å²) in [7, 11) is 1.87. The Kier molecular flexibility index (Phi) is 3.86. The van der Waals surface area contributed by atoms with Crippen molar-refractivity contribution in [2.45, 2.75) is 19.0 Å². The minimum absolute atomic E-state index is 0.205. The predicted molar refractivity (Wildman–Crippen MR) is 98.0 cm³/mol. The largest absolute Gasteiger partial charge is 0.283 e. The third-order valence-corrected chi connectivity index (χ3v) is 5.35. The number of carbonyl (C=O) groups is 2. The topological polar surface area (TPSA) is 53.5 Å². The van der Waals surface area contributed by atoms with Gasteiger partial charge in [0, 0.05) is 5.69 Å². The summed E-state index contributed by atoms with van der Waals surface area (Å²) in [6, 6.07) is 14.0. The number of terminal acetylenes is 1. The highest BCUT2D eigenvalue weighted by Gasteiger charge is 2.61. The fourth-order valence-electron chi connectivity index (χ4n) is 4.23. The summed E-state index contributed by atoms with van der Waals surface area (Å²) in [5.74, 6) is 1.21. The van der Waals surface area contributed by atoms with E-state index in [-0.39, 0.29) is 17.9 Å². The number of para-hydroxylation sites is 1. The fourth-order valence-corrected chi connectivity index (χ4v) is 4.23. The van der Waals surface area contributed by atoms with Crippen LogP contribution in [0.25, 0.3) is 0 Å². The van der Waals surface area contributed by atoms with E-state index in [4.69, 9.17) is 6.42 Å². The molecule has 0 bridgehead atoms. The number of nitrogens with zero attached hydrogens (tertiary/aromatic N) is 3. The molecule has 3 heterocycles. The summed E-state index contributed by atoms with van der Waals surface area (Å²) in [5, 5.41) is 0. The van der Waals surface area contributed by atoms with E-state index in [0.717, 1.165) is 11.4 Å². The normalized spacial score (nSPS) is 28.3. The number of amides is 2. The van der Waals surface area contributed by atoms with Crippen LogP contribution in [0.15, 0.2) is 48.5 Å². The Morgan fingerprint density at radius 2 is 1.69 bits per heavy atom. The van der Waals surface area contributed by atoms with E-state index in [1.165, 1.54) is 4.90 Å². The number of carbonyl (C=O) groups excluding carboxylic acids is 2. The molecule has 5 nitrogen and oxygen atoms in total. The average molecular weight is 345 g/mol. The first kappa shape index (κ1) is 16.5. The van der Waals surface area contributed by atoms with Crippen molar-refractivity contribution in [3.63, 3.8) is 0 Å². The highest BCUT2D eigenvalue weighted by atomic mass is 16.2. The van der Waals surface area contributed by atoms with Crippen molar-refractivity contribution < 1.29 is 9.59 Å². The van der Waals surface area contributed by atoms with Gasteiger partial charge >= 0.3 is 0 Å². The molecule has 2 fully saturated rings. The van der Waals surface area contributed by atoms with Gasteiger partial charge in [-0.1, -0.05) is 30.2 Å². The smallest absolute Gasteiger partial charge is 0.240 e. The Labute approximate surface area is 152 Å². The van der Waals surface area contributed by atoms with Crippen LogP contribution in [0.1, 0.15) is 17.4 Å². The van der Waals surface area contributed by atoms with E-state index in [1.807, 2.05) is 55.3 Å². The average Bonchev–Trinajstić information content (AvgIpc) is 3.07. The second kappa shape index (κ2) is 6.08. The summed E-state index contributed by atoms with van der Waals surface area (Å²) in [5.41, 5.74) is 2.23. The van der Waals surface area contributed by atoms with Crippen LogP contribution in [0.2, 0.25) is 0 Å². The van der Waals surface area contributed by atoms with Gasteiger partial charge in [-0.25, -0.2) is 4.90 Å². The minimum Gasteiger partial charge on any atom is -0.283 e. The van der Waals surface area contributed by atoms with Gasteiger partial charge in [-0.15, -0.1) is 6.42 Å². The lowest BCUT2D eigenvalue weighted by molar-refractivity contribution is -0.123. The lowest BCUT2D eigenvalue weighted by Gasteiger charge is -2.27. The highest BCUT2D eigenvalue weighted by Crippen LogP contribution is 2.49. The third-order valence-electron chi connectivity index (χ3n) is 5.35. The molecular weight excluding hydrogens is 326 g/mol. The van der Waals surface area contributed by atoms with Crippen molar-refractivity contribution in [1.29, 1.82) is 0 Å². The predicted octanol–water partition coefficient (Wildman–Crippen LogP) is 2.18. The summed E-state index contributed by atoms with van der Waals surface area (Å²) >= 11 is 0. The zero-order chi connectivity index (χ0) is 18.4. The minimum atomic E-state index is -0.551. The van der Waals surface area contributed by atoms with Crippen LogP contribution in [0, 0.1) is 31.1 Å². The monoisotopic (exact) mass is 345 g/mol. The van der Waals surface area contributed by atoms with E-state index in [2.05, 4.69) is 10.9 Å². The zero-order valence-corrected chi connectivity index (χ0v) is 14.7. The maximum atomic E-state index is 13.3. The maximum Gasteiger partial charge on any atom is 0.240 e. The molecule has 2 aliphatic rings. The Morgan fingerprint density at radius 1 is 1.00 bits per heavy atom. The molecule has 2 amide bonds. The molecule has 0 aliphatic carbocycles. The van der Waals surface area contributed by atoms with Gasteiger partial charge in [0.2, 0.25) is 11.8 Å². The maximum absolute atomic E-state index is 13.3. The summed E-state index contributed by atoms with van der Waals surface area (Å²) < 4.78 is 0. The molecule has 4 rings (SSSR count). The number of hydrogen-bond acceptors (Lipinski definition) is 4. The van der Waals surface area contributed by atoms with E-state index >= 15 is 0 Å². The quantitative estimate of drug-likeness (QED) is 0.618. The number of rotatable bonds is 2. The number of benzene rings is 1. The molecule has 0 saturated carbocycles. The van der Waals surface area contributed by atoms with Gasteiger partial charge in [-0.05, 0) is 38.2 Å². The number of aryl methyl sites for hydroxylation is 1. The molecule has 2 aromatic rings. The van der Waals surface area contributed by atoms with Crippen LogP contribution in [0.5, 0.6) is 0 Å². The molecule has 1 aromatic heterocycles. The zero-order valence-electron chi connectivity index (χ0n) is 14.7. The van der Waals surface area contributed by atoms with Crippen LogP contribution < -0.4 is 4.90 Å². The number of likely N-dealkylation sites (tertiary alicyclic amines) is 1. The first-order chi connectivity index (χ1) is 12.5. The molecule has 0 N–H and O–H groups in total. The van der Waals surface area contributed by atoms with Gasteiger partial charge < -0.3 is 0 Å². The van der Waals surface area contributed by atoms with E-state index in [1.54, 1.807) is 12.1 Å². The molecular formula is C21H19N3O2. The molecule has 0 radical (unpaired) electrons. The van der Waals surface area contributed by atoms with Gasteiger partial charge in [0.1, 0.15) is 0 Å². The first-order valence-corrected chi connectivity index (χ1v) is 8.59.